The van der Waals surface area contributed by atoms with Crippen LogP contribution in [0.3, 0.4) is 0 Å². The highest BCUT2D eigenvalue weighted by atomic mass is 35.5. The minimum atomic E-state index is -0.518. The van der Waals surface area contributed by atoms with Crippen molar-refractivity contribution in [3.8, 4) is 5.75 Å². The van der Waals surface area contributed by atoms with E-state index < -0.39 is 5.91 Å². The van der Waals surface area contributed by atoms with E-state index in [1.807, 2.05) is 13.0 Å². The maximum atomic E-state index is 10.6. The molecule has 2 aromatic rings. The monoisotopic (exact) mass is 291 g/mol. The predicted molar refractivity (Wildman–Crippen MR) is 77.5 cm³/mol. The van der Waals surface area contributed by atoms with Crippen molar-refractivity contribution >= 4 is 23.6 Å². The van der Waals surface area contributed by atoms with E-state index in [1.165, 1.54) is 12.2 Å². The number of furan rings is 1. The summed E-state index contributed by atoms with van der Waals surface area (Å²) in [5, 5.41) is 0.703. The first-order valence-electron chi connectivity index (χ1n) is 6.00. The number of aryl methyl sites for hydroxylation is 1. The number of ether oxygens (including phenoxy) is 1. The molecule has 104 valence electrons. The SMILES string of the molecule is Cc1cc(OCc2ccc(/C=C/C(N)=O)o2)ccc1Cl. The molecular formula is C15H14ClNO3. The van der Waals surface area contributed by atoms with Gasteiger partial charge in [0, 0.05) is 11.1 Å². The van der Waals surface area contributed by atoms with Crippen molar-refractivity contribution in [2.45, 2.75) is 13.5 Å². The number of benzene rings is 1. The Morgan fingerprint density at radius 2 is 2.20 bits per heavy atom. The number of carbonyl (C=O) groups excluding carboxylic acids is 1. The highest BCUT2D eigenvalue weighted by molar-refractivity contribution is 6.31. The highest BCUT2D eigenvalue weighted by Crippen LogP contribution is 2.22. The van der Waals surface area contributed by atoms with Crippen molar-refractivity contribution in [2.24, 2.45) is 5.73 Å². The lowest BCUT2D eigenvalue weighted by Crippen LogP contribution is -2.04. The molecule has 1 aromatic carbocycles. The van der Waals surface area contributed by atoms with Gasteiger partial charge in [-0.2, -0.15) is 0 Å². The third kappa shape index (κ3) is 3.90. The molecule has 2 rings (SSSR count). The van der Waals surface area contributed by atoms with Crippen LogP contribution >= 0.6 is 11.6 Å². The average molecular weight is 292 g/mol. The molecule has 0 radical (unpaired) electrons. The van der Waals surface area contributed by atoms with Crippen LogP contribution in [0.5, 0.6) is 5.75 Å². The van der Waals surface area contributed by atoms with Gasteiger partial charge in [-0.15, -0.1) is 0 Å². The standard InChI is InChI=1S/C15H14ClNO3/c1-10-8-12(4-6-14(10)16)19-9-13-3-2-11(20-13)5-7-15(17)18/h2-8H,9H2,1H3,(H2,17,18)/b7-5+. The van der Waals surface area contributed by atoms with Gasteiger partial charge in [0.25, 0.3) is 0 Å². The number of amides is 1. The van der Waals surface area contributed by atoms with E-state index in [1.54, 1.807) is 24.3 Å². The molecule has 1 amide bonds. The van der Waals surface area contributed by atoms with E-state index in [2.05, 4.69) is 0 Å². The zero-order chi connectivity index (χ0) is 14.5. The molecule has 0 fully saturated rings. The molecule has 0 spiro atoms. The minimum absolute atomic E-state index is 0.297. The van der Waals surface area contributed by atoms with E-state index >= 15 is 0 Å². The van der Waals surface area contributed by atoms with E-state index in [-0.39, 0.29) is 0 Å². The summed E-state index contributed by atoms with van der Waals surface area (Å²) in [5.41, 5.74) is 5.96. The minimum Gasteiger partial charge on any atom is -0.486 e. The first-order chi connectivity index (χ1) is 9.54. The largest absolute Gasteiger partial charge is 0.486 e. The van der Waals surface area contributed by atoms with Gasteiger partial charge in [-0.3, -0.25) is 4.79 Å². The Bertz CT molecular complexity index is 646. The molecule has 0 bridgehead atoms. The third-order valence-corrected chi connectivity index (χ3v) is 3.03. The summed E-state index contributed by atoms with van der Waals surface area (Å²) in [6.45, 7) is 2.21. The molecule has 0 aliphatic heterocycles. The summed E-state index contributed by atoms with van der Waals surface area (Å²) in [5.74, 6) is 1.41. The van der Waals surface area contributed by atoms with E-state index in [0.29, 0.717) is 23.2 Å². The third-order valence-electron chi connectivity index (χ3n) is 2.60. The molecule has 1 heterocycles. The molecule has 1 aromatic heterocycles. The lowest BCUT2D eigenvalue weighted by Gasteiger charge is -2.05. The van der Waals surface area contributed by atoms with Crippen LogP contribution in [0.25, 0.3) is 6.08 Å². The van der Waals surface area contributed by atoms with Crippen molar-refractivity contribution < 1.29 is 13.9 Å². The average Bonchev–Trinajstić information content (AvgIpc) is 2.86. The molecule has 2 N–H and O–H groups in total. The van der Waals surface area contributed by atoms with Crippen LogP contribution in [0.15, 0.2) is 40.8 Å². The van der Waals surface area contributed by atoms with Gasteiger partial charge in [0.05, 0.1) is 0 Å². The van der Waals surface area contributed by atoms with Crippen LogP contribution in [-0.2, 0) is 11.4 Å². The molecular weight excluding hydrogens is 278 g/mol. The number of hydrogen-bond donors (Lipinski definition) is 1. The summed E-state index contributed by atoms with van der Waals surface area (Å²) in [4.78, 5) is 10.6. The second-order valence-electron chi connectivity index (χ2n) is 4.24. The summed E-state index contributed by atoms with van der Waals surface area (Å²) in [7, 11) is 0. The second-order valence-corrected chi connectivity index (χ2v) is 4.65. The molecule has 4 nitrogen and oxygen atoms in total. The normalized spacial score (nSPS) is 10.9. The van der Waals surface area contributed by atoms with Crippen LogP contribution in [0, 0.1) is 6.92 Å². The van der Waals surface area contributed by atoms with Crippen molar-refractivity contribution in [1.29, 1.82) is 0 Å². The summed E-state index contributed by atoms with van der Waals surface area (Å²) in [6.07, 6.45) is 2.75. The van der Waals surface area contributed by atoms with Crippen LogP contribution in [0.1, 0.15) is 17.1 Å². The molecule has 0 atom stereocenters. The van der Waals surface area contributed by atoms with Gasteiger partial charge in [-0.1, -0.05) is 11.6 Å². The molecule has 20 heavy (non-hydrogen) atoms. The number of carbonyl (C=O) groups is 1. The predicted octanol–water partition coefficient (Wildman–Crippen LogP) is 3.32. The first kappa shape index (κ1) is 14.2. The lowest BCUT2D eigenvalue weighted by molar-refractivity contribution is -0.113. The summed E-state index contributed by atoms with van der Waals surface area (Å²) >= 11 is 5.94. The fourth-order valence-electron chi connectivity index (χ4n) is 1.59. The van der Waals surface area contributed by atoms with Gasteiger partial charge in [0.15, 0.2) is 0 Å². The second kappa shape index (κ2) is 6.30. The van der Waals surface area contributed by atoms with Crippen LogP contribution in [0.4, 0.5) is 0 Å². The van der Waals surface area contributed by atoms with E-state index in [0.717, 1.165) is 11.3 Å². The molecule has 0 aliphatic carbocycles. The number of rotatable bonds is 5. The van der Waals surface area contributed by atoms with E-state index in [4.69, 9.17) is 26.5 Å². The fraction of sp³-hybridized carbons (Fsp3) is 0.133. The van der Waals surface area contributed by atoms with Crippen LogP contribution < -0.4 is 10.5 Å². The quantitative estimate of drug-likeness (QED) is 0.859. The topological polar surface area (TPSA) is 65.5 Å². The highest BCUT2D eigenvalue weighted by Gasteiger charge is 2.03. The lowest BCUT2D eigenvalue weighted by atomic mass is 10.2. The summed E-state index contributed by atoms with van der Waals surface area (Å²) < 4.78 is 11.1. The molecule has 5 heteroatoms. The Balaban J connectivity index is 1.97. The van der Waals surface area contributed by atoms with Crippen LogP contribution in [-0.4, -0.2) is 5.91 Å². The Hall–Kier alpha value is -2.20. The number of hydrogen-bond acceptors (Lipinski definition) is 3. The summed E-state index contributed by atoms with van der Waals surface area (Å²) in [6, 6.07) is 8.97. The molecule has 0 unspecified atom stereocenters. The zero-order valence-corrected chi connectivity index (χ0v) is 11.7. The van der Waals surface area contributed by atoms with Crippen molar-refractivity contribution in [3.05, 3.63) is 58.5 Å². The van der Waals surface area contributed by atoms with Crippen LogP contribution in [0.2, 0.25) is 5.02 Å². The van der Waals surface area contributed by atoms with E-state index in [9.17, 15) is 4.79 Å². The Morgan fingerprint density at radius 1 is 1.40 bits per heavy atom. The van der Waals surface area contributed by atoms with Crippen molar-refractivity contribution in [3.63, 3.8) is 0 Å². The van der Waals surface area contributed by atoms with Gasteiger partial charge in [0.2, 0.25) is 5.91 Å². The number of primary amides is 1. The molecule has 0 aliphatic rings. The molecule has 0 saturated carbocycles. The Kier molecular flexibility index (Phi) is 4.48. The molecule has 0 saturated heterocycles. The fourth-order valence-corrected chi connectivity index (χ4v) is 1.70. The van der Waals surface area contributed by atoms with Gasteiger partial charge in [-0.25, -0.2) is 0 Å². The van der Waals surface area contributed by atoms with Crippen molar-refractivity contribution in [1.82, 2.24) is 0 Å². The smallest absolute Gasteiger partial charge is 0.241 e. The maximum Gasteiger partial charge on any atom is 0.241 e. The number of halogens is 1. The Labute approximate surface area is 121 Å². The Morgan fingerprint density at radius 3 is 2.90 bits per heavy atom. The maximum absolute atomic E-state index is 10.6. The van der Waals surface area contributed by atoms with Gasteiger partial charge in [0.1, 0.15) is 23.9 Å². The van der Waals surface area contributed by atoms with Crippen molar-refractivity contribution in [2.75, 3.05) is 0 Å². The van der Waals surface area contributed by atoms with Gasteiger partial charge in [-0.05, 0) is 48.9 Å². The number of nitrogens with two attached hydrogens (primary N) is 1. The first-order valence-corrected chi connectivity index (χ1v) is 6.37. The van der Waals surface area contributed by atoms with Gasteiger partial charge >= 0.3 is 0 Å². The zero-order valence-electron chi connectivity index (χ0n) is 10.9. The van der Waals surface area contributed by atoms with Gasteiger partial charge < -0.3 is 14.9 Å².